The molecule has 0 aliphatic carbocycles. The molecule has 1 aromatic carbocycles. The van der Waals surface area contributed by atoms with Crippen molar-refractivity contribution < 1.29 is 9.59 Å². The van der Waals surface area contributed by atoms with Crippen LogP contribution < -0.4 is 10.6 Å². The van der Waals surface area contributed by atoms with E-state index in [0.717, 1.165) is 23.3 Å². The number of halogens is 1. The van der Waals surface area contributed by atoms with Gasteiger partial charge in [0.1, 0.15) is 6.04 Å². The number of carbonyl (C=O) groups is 2. The van der Waals surface area contributed by atoms with Crippen LogP contribution in [0.5, 0.6) is 0 Å². The Morgan fingerprint density at radius 2 is 2.07 bits per heavy atom. The van der Waals surface area contributed by atoms with E-state index in [0.29, 0.717) is 24.4 Å². The summed E-state index contributed by atoms with van der Waals surface area (Å²) in [5, 5.41) is 6.02. The van der Waals surface area contributed by atoms with Crippen molar-refractivity contribution in [1.29, 1.82) is 0 Å². The summed E-state index contributed by atoms with van der Waals surface area (Å²) in [6.45, 7) is 9.36. The number of thioether (sulfide) groups is 1. The Bertz CT molecular complexity index is 698. The highest BCUT2D eigenvalue weighted by Gasteiger charge is 2.31. The molecule has 2 N–H and O–H groups in total. The summed E-state index contributed by atoms with van der Waals surface area (Å²) < 4.78 is 0.724. The summed E-state index contributed by atoms with van der Waals surface area (Å²) in [5.41, 5.74) is 0.429. The number of amides is 2. The second-order valence-corrected chi connectivity index (χ2v) is 10.4. The van der Waals surface area contributed by atoms with Crippen molar-refractivity contribution in [2.24, 2.45) is 5.92 Å². The SMILES string of the molecule is CSCCC(NC(=O)c1ccccc1Br)C(=O)NCC(C)(C)N1CCCC(C)C1. The summed E-state index contributed by atoms with van der Waals surface area (Å²) in [6.07, 6.45) is 5.09. The summed E-state index contributed by atoms with van der Waals surface area (Å²) >= 11 is 5.08. The van der Waals surface area contributed by atoms with Crippen LogP contribution >= 0.6 is 27.7 Å². The first kappa shape index (κ1) is 24.2. The van der Waals surface area contributed by atoms with Gasteiger partial charge >= 0.3 is 0 Å². The van der Waals surface area contributed by atoms with Crippen molar-refractivity contribution in [3.63, 3.8) is 0 Å². The fourth-order valence-electron chi connectivity index (χ4n) is 3.66. The number of carbonyl (C=O) groups excluding carboxylic acids is 2. The zero-order chi connectivity index (χ0) is 21.4. The first-order valence-corrected chi connectivity index (χ1v) is 12.5. The van der Waals surface area contributed by atoms with Crippen molar-refractivity contribution in [2.75, 3.05) is 31.6 Å². The Morgan fingerprint density at radius 1 is 1.34 bits per heavy atom. The normalized spacial score (nSPS) is 18.9. The van der Waals surface area contributed by atoms with Crippen LogP contribution in [0.25, 0.3) is 0 Å². The minimum absolute atomic E-state index is 0.110. The molecule has 2 amide bonds. The average molecular weight is 485 g/mol. The maximum absolute atomic E-state index is 12.9. The molecule has 0 spiro atoms. The molecule has 2 atom stereocenters. The van der Waals surface area contributed by atoms with Gasteiger partial charge in [0.2, 0.25) is 5.91 Å². The van der Waals surface area contributed by atoms with E-state index in [1.165, 1.54) is 12.8 Å². The molecule has 0 saturated carbocycles. The van der Waals surface area contributed by atoms with Gasteiger partial charge in [0.25, 0.3) is 5.91 Å². The summed E-state index contributed by atoms with van der Waals surface area (Å²) in [7, 11) is 0. The monoisotopic (exact) mass is 483 g/mol. The summed E-state index contributed by atoms with van der Waals surface area (Å²) in [4.78, 5) is 28.1. The van der Waals surface area contributed by atoms with Crippen LogP contribution in [0.1, 0.15) is 50.4 Å². The first-order valence-electron chi connectivity index (χ1n) is 10.3. The van der Waals surface area contributed by atoms with Crippen LogP contribution in [0.4, 0.5) is 0 Å². The minimum Gasteiger partial charge on any atom is -0.352 e. The highest BCUT2D eigenvalue weighted by atomic mass is 79.9. The number of rotatable bonds is 9. The molecule has 0 bridgehead atoms. The summed E-state index contributed by atoms with van der Waals surface area (Å²) in [6, 6.07) is 6.72. The molecule has 1 saturated heterocycles. The van der Waals surface area contributed by atoms with Gasteiger partial charge in [-0.25, -0.2) is 0 Å². The van der Waals surface area contributed by atoms with E-state index in [2.05, 4.69) is 52.2 Å². The number of nitrogens with one attached hydrogen (secondary N) is 2. The first-order chi connectivity index (χ1) is 13.7. The molecule has 2 rings (SSSR count). The third-order valence-corrected chi connectivity index (χ3v) is 6.89. The molecular formula is C22H34BrN3O2S. The van der Waals surface area contributed by atoms with Crippen molar-refractivity contribution >= 4 is 39.5 Å². The van der Waals surface area contributed by atoms with Gasteiger partial charge in [-0.15, -0.1) is 0 Å². The lowest BCUT2D eigenvalue weighted by molar-refractivity contribution is -0.123. The Kier molecular flexibility index (Phi) is 9.50. The van der Waals surface area contributed by atoms with Gasteiger partial charge in [0.05, 0.1) is 5.56 Å². The Balaban J connectivity index is 1.99. The average Bonchev–Trinajstić information content (AvgIpc) is 2.69. The molecule has 162 valence electrons. The standard InChI is InChI=1S/C22H34BrN3O2S/c1-16-8-7-12-26(14-16)22(2,3)15-24-21(28)19(11-13-29-4)25-20(27)17-9-5-6-10-18(17)23/h5-6,9-10,16,19H,7-8,11-15H2,1-4H3,(H,24,28)(H,25,27). The van der Waals surface area contributed by atoms with Crippen LogP contribution in [0.2, 0.25) is 0 Å². The van der Waals surface area contributed by atoms with E-state index in [-0.39, 0.29) is 17.4 Å². The minimum atomic E-state index is -0.543. The second-order valence-electron chi connectivity index (χ2n) is 8.51. The van der Waals surface area contributed by atoms with Crippen LogP contribution in [0.3, 0.4) is 0 Å². The molecule has 1 aromatic rings. The lowest BCUT2D eigenvalue weighted by Crippen LogP contribution is -2.57. The van der Waals surface area contributed by atoms with E-state index in [1.54, 1.807) is 17.8 Å². The Morgan fingerprint density at radius 3 is 2.72 bits per heavy atom. The fourth-order valence-corrected chi connectivity index (χ4v) is 4.60. The molecule has 1 fully saturated rings. The molecule has 5 nitrogen and oxygen atoms in total. The van der Waals surface area contributed by atoms with E-state index >= 15 is 0 Å². The van der Waals surface area contributed by atoms with Gasteiger partial charge in [-0.3, -0.25) is 14.5 Å². The maximum atomic E-state index is 12.9. The van der Waals surface area contributed by atoms with E-state index in [4.69, 9.17) is 0 Å². The smallest absolute Gasteiger partial charge is 0.253 e. The van der Waals surface area contributed by atoms with Gasteiger partial charge in [-0.2, -0.15) is 11.8 Å². The molecule has 29 heavy (non-hydrogen) atoms. The number of hydrogen-bond acceptors (Lipinski definition) is 4. The van der Waals surface area contributed by atoms with Gasteiger partial charge in [0.15, 0.2) is 0 Å². The molecular weight excluding hydrogens is 450 g/mol. The topological polar surface area (TPSA) is 61.4 Å². The largest absolute Gasteiger partial charge is 0.352 e. The summed E-state index contributed by atoms with van der Waals surface area (Å²) in [5.74, 6) is 1.15. The van der Waals surface area contributed by atoms with Gasteiger partial charge < -0.3 is 10.6 Å². The van der Waals surface area contributed by atoms with E-state index < -0.39 is 6.04 Å². The predicted octanol–water partition coefficient (Wildman–Crippen LogP) is 3.93. The Labute approximate surface area is 187 Å². The van der Waals surface area contributed by atoms with Crippen molar-refractivity contribution in [1.82, 2.24) is 15.5 Å². The third kappa shape index (κ3) is 7.30. The number of likely N-dealkylation sites (tertiary alicyclic amines) is 1. The highest BCUT2D eigenvalue weighted by Crippen LogP contribution is 2.23. The van der Waals surface area contributed by atoms with Crippen molar-refractivity contribution in [2.45, 2.75) is 51.6 Å². The lowest BCUT2D eigenvalue weighted by Gasteiger charge is -2.43. The molecule has 0 radical (unpaired) electrons. The van der Waals surface area contributed by atoms with E-state index in [1.807, 2.05) is 24.5 Å². The van der Waals surface area contributed by atoms with Crippen molar-refractivity contribution in [3.8, 4) is 0 Å². The quantitative estimate of drug-likeness (QED) is 0.558. The fraction of sp³-hybridized carbons (Fsp3) is 0.636. The zero-order valence-corrected chi connectivity index (χ0v) is 20.4. The number of benzene rings is 1. The molecule has 0 aromatic heterocycles. The Hall–Kier alpha value is -1.05. The van der Waals surface area contributed by atoms with Crippen LogP contribution in [0, 0.1) is 5.92 Å². The number of hydrogen-bond donors (Lipinski definition) is 2. The molecule has 1 aliphatic heterocycles. The third-order valence-electron chi connectivity index (χ3n) is 5.56. The highest BCUT2D eigenvalue weighted by molar-refractivity contribution is 9.10. The molecule has 1 aliphatic rings. The molecule has 7 heteroatoms. The van der Waals surface area contributed by atoms with Gasteiger partial charge in [-0.1, -0.05) is 19.1 Å². The second kappa shape index (κ2) is 11.4. The van der Waals surface area contributed by atoms with E-state index in [9.17, 15) is 9.59 Å². The van der Waals surface area contributed by atoms with Crippen LogP contribution in [0.15, 0.2) is 28.7 Å². The van der Waals surface area contributed by atoms with Gasteiger partial charge in [-0.05, 0) is 85.6 Å². The van der Waals surface area contributed by atoms with Crippen molar-refractivity contribution in [3.05, 3.63) is 34.3 Å². The lowest BCUT2D eigenvalue weighted by atomic mass is 9.93. The van der Waals surface area contributed by atoms with Crippen LogP contribution in [-0.2, 0) is 4.79 Å². The molecule has 2 unspecified atom stereocenters. The van der Waals surface area contributed by atoms with Gasteiger partial charge in [0, 0.05) is 23.1 Å². The number of nitrogens with zero attached hydrogens (tertiary/aromatic N) is 1. The van der Waals surface area contributed by atoms with Crippen LogP contribution in [-0.4, -0.2) is 59.9 Å². The molecule has 1 heterocycles. The number of piperidine rings is 1. The predicted molar refractivity (Wildman–Crippen MR) is 125 cm³/mol. The zero-order valence-electron chi connectivity index (χ0n) is 18.0. The maximum Gasteiger partial charge on any atom is 0.253 e.